The van der Waals surface area contributed by atoms with E-state index in [0.717, 1.165) is 41.3 Å². The summed E-state index contributed by atoms with van der Waals surface area (Å²) < 4.78 is 5.28. The van der Waals surface area contributed by atoms with Gasteiger partial charge in [-0.3, -0.25) is 0 Å². The molecule has 0 radical (unpaired) electrons. The van der Waals surface area contributed by atoms with E-state index in [1.807, 2.05) is 18.2 Å². The van der Waals surface area contributed by atoms with Gasteiger partial charge in [-0.05, 0) is 37.6 Å². The summed E-state index contributed by atoms with van der Waals surface area (Å²) in [5, 5.41) is -0.111. The number of benzene rings is 2. The van der Waals surface area contributed by atoms with Gasteiger partial charge in [-0.15, -0.1) is 0 Å². The molecule has 0 amide bonds. The van der Waals surface area contributed by atoms with Gasteiger partial charge >= 0.3 is 0 Å². The van der Waals surface area contributed by atoms with E-state index in [0.29, 0.717) is 0 Å². The molecule has 1 heterocycles. The molecule has 2 aromatic carbocycles. The topological polar surface area (TPSA) is 41.2 Å². The molecule has 1 N–H and O–H groups in total. The molecule has 126 valence electrons. The Labute approximate surface area is 148 Å². The van der Waals surface area contributed by atoms with E-state index < -0.39 is 0 Å². The van der Waals surface area contributed by atoms with Crippen molar-refractivity contribution in [1.82, 2.24) is 9.97 Å². The summed E-state index contributed by atoms with van der Waals surface area (Å²) in [7, 11) is 1.66. The number of hydrogen-bond donors (Lipinski definition) is 2. The number of nitrogens with one attached hydrogen (secondary N) is 1. The second kappa shape index (κ2) is 7.18. The van der Waals surface area contributed by atoms with Crippen LogP contribution in [0.15, 0.2) is 42.5 Å². The number of imidazole rings is 1. The minimum atomic E-state index is -0.111. The Morgan fingerprint density at radius 3 is 2.62 bits per heavy atom. The Bertz CT molecular complexity index is 826. The first-order valence-electron chi connectivity index (χ1n) is 8.23. The fourth-order valence-electron chi connectivity index (χ4n) is 2.98. The van der Waals surface area contributed by atoms with Crippen LogP contribution >= 0.6 is 12.6 Å². The molecule has 0 saturated heterocycles. The largest absolute Gasteiger partial charge is 0.497 e. The molecule has 3 aromatic rings. The summed E-state index contributed by atoms with van der Waals surface area (Å²) in [5.74, 6) is 1.65. The third-order valence-electron chi connectivity index (χ3n) is 4.30. The first kappa shape index (κ1) is 16.7. The van der Waals surface area contributed by atoms with Crippen LogP contribution in [0.3, 0.4) is 0 Å². The lowest BCUT2D eigenvalue weighted by atomic mass is 10.1. The van der Waals surface area contributed by atoms with Crippen molar-refractivity contribution in [3.63, 3.8) is 0 Å². The third kappa shape index (κ3) is 3.08. The zero-order chi connectivity index (χ0) is 17.1. The summed E-state index contributed by atoms with van der Waals surface area (Å²) in [5.41, 5.74) is 4.25. The molecule has 3 rings (SSSR count). The SMILES string of the molecule is CCN(CC)c1ccccc1C(S)c1nc2cc(OC)ccc2[nH]1. The fourth-order valence-corrected chi connectivity index (χ4v) is 3.32. The van der Waals surface area contributed by atoms with E-state index in [1.165, 1.54) is 5.69 Å². The number of methoxy groups -OCH3 is 1. The van der Waals surface area contributed by atoms with Crippen LogP contribution in [0.25, 0.3) is 11.0 Å². The van der Waals surface area contributed by atoms with Crippen molar-refractivity contribution in [3.05, 3.63) is 53.9 Å². The van der Waals surface area contributed by atoms with Crippen molar-refractivity contribution in [3.8, 4) is 5.75 Å². The molecule has 1 aromatic heterocycles. The quantitative estimate of drug-likeness (QED) is 0.651. The lowest BCUT2D eigenvalue weighted by Gasteiger charge is -2.25. The van der Waals surface area contributed by atoms with Crippen molar-refractivity contribution < 1.29 is 4.74 Å². The molecule has 5 heteroatoms. The minimum absolute atomic E-state index is 0.111. The van der Waals surface area contributed by atoms with Crippen molar-refractivity contribution in [2.75, 3.05) is 25.1 Å². The van der Waals surface area contributed by atoms with Gasteiger partial charge in [0.2, 0.25) is 0 Å². The average Bonchev–Trinajstić information content (AvgIpc) is 3.05. The van der Waals surface area contributed by atoms with Crippen LogP contribution in [0.5, 0.6) is 5.75 Å². The molecule has 0 saturated carbocycles. The number of nitrogens with zero attached hydrogens (tertiary/aromatic N) is 2. The minimum Gasteiger partial charge on any atom is -0.497 e. The average molecular weight is 341 g/mol. The number of aromatic nitrogens is 2. The Kier molecular flexibility index (Phi) is 5.00. The number of para-hydroxylation sites is 1. The lowest BCUT2D eigenvalue weighted by Crippen LogP contribution is -2.23. The highest BCUT2D eigenvalue weighted by Crippen LogP contribution is 2.35. The van der Waals surface area contributed by atoms with E-state index in [4.69, 9.17) is 22.3 Å². The van der Waals surface area contributed by atoms with Gasteiger partial charge in [-0.25, -0.2) is 4.98 Å². The fraction of sp³-hybridized carbons (Fsp3) is 0.316. The zero-order valence-electron chi connectivity index (χ0n) is 14.3. The molecular weight excluding hydrogens is 318 g/mol. The van der Waals surface area contributed by atoms with Crippen molar-refractivity contribution in [1.29, 1.82) is 0 Å². The van der Waals surface area contributed by atoms with Gasteiger partial charge in [0.25, 0.3) is 0 Å². The van der Waals surface area contributed by atoms with Gasteiger partial charge in [-0.1, -0.05) is 18.2 Å². The molecule has 0 aliphatic heterocycles. The molecule has 1 unspecified atom stereocenters. The number of ether oxygens (including phenoxy) is 1. The predicted octanol–water partition coefficient (Wildman–Crippen LogP) is 4.44. The normalized spacial score (nSPS) is 12.3. The molecule has 0 aliphatic rings. The summed E-state index contributed by atoms with van der Waals surface area (Å²) in [6.45, 7) is 6.26. The first-order valence-corrected chi connectivity index (χ1v) is 8.75. The zero-order valence-corrected chi connectivity index (χ0v) is 15.2. The maximum Gasteiger partial charge on any atom is 0.124 e. The van der Waals surface area contributed by atoms with E-state index in [-0.39, 0.29) is 5.25 Å². The van der Waals surface area contributed by atoms with Crippen LogP contribution in [-0.2, 0) is 0 Å². The molecule has 0 aliphatic carbocycles. The van der Waals surface area contributed by atoms with Gasteiger partial charge in [0.05, 0.1) is 23.4 Å². The Hall–Kier alpha value is -2.14. The maximum absolute atomic E-state index is 5.28. The molecule has 4 nitrogen and oxygen atoms in total. The molecule has 1 atom stereocenters. The Morgan fingerprint density at radius 2 is 1.92 bits per heavy atom. The smallest absolute Gasteiger partial charge is 0.124 e. The Balaban J connectivity index is 2.01. The van der Waals surface area contributed by atoms with Crippen LogP contribution in [0, 0.1) is 0 Å². The number of H-pyrrole nitrogens is 1. The molecule has 0 fully saturated rings. The van der Waals surface area contributed by atoms with Crippen molar-refractivity contribution in [2.24, 2.45) is 0 Å². The number of rotatable bonds is 6. The summed E-state index contributed by atoms with van der Waals surface area (Å²) in [6.07, 6.45) is 0. The molecule has 24 heavy (non-hydrogen) atoms. The van der Waals surface area contributed by atoms with Crippen LogP contribution in [0.1, 0.15) is 30.5 Å². The monoisotopic (exact) mass is 341 g/mol. The number of hydrogen-bond acceptors (Lipinski definition) is 4. The lowest BCUT2D eigenvalue weighted by molar-refractivity contribution is 0.415. The number of anilines is 1. The van der Waals surface area contributed by atoms with Crippen LogP contribution < -0.4 is 9.64 Å². The van der Waals surface area contributed by atoms with Crippen LogP contribution in [0.2, 0.25) is 0 Å². The molecule has 0 spiro atoms. The standard InChI is InChI=1S/C19H23N3OS/c1-4-22(5-2)17-9-7-6-8-14(17)18(24)19-20-15-11-10-13(23-3)12-16(15)21-19/h6-12,18,24H,4-5H2,1-3H3,(H,20,21). The van der Waals surface area contributed by atoms with E-state index in [9.17, 15) is 0 Å². The summed E-state index contributed by atoms with van der Waals surface area (Å²) in [4.78, 5) is 10.4. The van der Waals surface area contributed by atoms with Crippen LogP contribution in [-0.4, -0.2) is 30.2 Å². The second-order valence-corrected chi connectivity index (χ2v) is 6.16. The predicted molar refractivity (Wildman–Crippen MR) is 103 cm³/mol. The van der Waals surface area contributed by atoms with Gasteiger partial charge in [-0.2, -0.15) is 12.6 Å². The molecular formula is C19H23N3OS. The third-order valence-corrected chi connectivity index (χ3v) is 4.83. The van der Waals surface area contributed by atoms with Gasteiger partial charge < -0.3 is 14.6 Å². The highest BCUT2D eigenvalue weighted by Gasteiger charge is 2.19. The van der Waals surface area contributed by atoms with Gasteiger partial charge in [0.1, 0.15) is 11.6 Å². The summed E-state index contributed by atoms with van der Waals surface area (Å²) >= 11 is 4.86. The Morgan fingerprint density at radius 1 is 1.17 bits per heavy atom. The van der Waals surface area contributed by atoms with Crippen molar-refractivity contribution >= 4 is 29.3 Å². The van der Waals surface area contributed by atoms with Gasteiger partial charge in [0.15, 0.2) is 0 Å². The number of thiol groups is 1. The molecule has 0 bridgehead atoms. The highest BCUT2D eigenvalue weighted by atomic mass is 32.1. The maximum atomic E-state index is 5.28. The van der Waals surface area contributed by atoms with E-state index in [2.05, 4.69) is 48.0 Å². The summed E-state index contributed by atoms with van der Waals surface area (Å²) in [6, 6.07) is 14.3. The van der Waals surface area contributed by atoms with Gasteiger partial charge in [0, 0.05) is 24.8 Å². The highest BCUT2D eigenvalue weighted by molar-refractivity contribution is 7.80. The number of fused-ring (bicyclic) bond motifs is 1. The van der Waals surface area contributed by atoms with Crippen molar-refractivity contribution in [2.45, 2.75) is 19.1 Å². The first-order chi connectivity index (χ1) is 11.7. The number of aromatic amines is 1. The van der Waals surface area contributed by atoms with E-state index >= 15 is 0 Å². The van der Waals surface area contributed by atoms with Crippen LogP contribution in [0.4, 0.5) is 5.69 Å². The second-order valence-electron chi connectivity index (χ2n) is 5.64. The van der Waals surface area contributed by atoms with E-state index in [1.54, 1.807) is 7.11 Å².